The highest BCUT2D eigenvalue weighted by atomic mass is 35.5. The van der Waals surface area contributed by atoms with Crippen LogP contribution in [0.1, 0.15) is 11.1 Å². The smallest absolute Gasteiger partial charge is 0.162 e. The first kappa shape index (κ1) is 18.4. The summed E-state index contributed by atoms with van der Waals surface area (Å²) >= 11 is 12.0. The second-order valence-corrected chi connectivity index (χ2v) is 6.41. The zero-order chi connectivity index (χ0) is 18.4. The second kappa shape index (κ2) is 8.79. The average Bonchev–Trinajstić information content (AvgIpc) is 2.68. The Bertz CT molecular complexity index is 873. The fraction of sp³-hybridized carbons (Fsp3) is 0.150. The topological polar surface area (TPSA) is 43.4 Å². The maximum atomic E-state index is 6.05. The Labute approximate surface area is 162 Å². The van der Waals surface area contributed by atoms with Gasteiger partial charge in [-0.1, -0.05) is 41.4 Å². The van der Waals surface area contributed by atoms with Crippen molar-refractivity contribution in [2.24, 2.45) is 0 Å². The van der Waals surface area contributed by atoms with Crippen molar-refractivity contribution in [3.05, 3.63) is 82.0 Å². The number of halogens is 2. The van der Waals surface area contributed by atoms with Crippen LogP contribution in [0.3, 0.4) is 0 Å². The van der Waals surface area contributed by atoms with Gasteiger partial charge in [0.1, 0.15) is 12.4 Å². The number of anilines is 1. The van der Waals surface area contributed by atoms with Gasteiger partial charge < -0.3 is 14.8 Å². The molecule has 26 heavy (non-hydrogen) atoms. The van der Waals surface area contributed by atoms with E-state index in [1.165, 1.54) is 0 Å². The van der Waals surface area contributed by atoms with E-state index in [9.17, 15) is 0 Å². The molecule has 4 nitrogen and oxygen atoms in total. The third kappa shape index (κ3) is 4.81. The number of methoxy groups -OCH3 is 1. The largest absolute Gasteiger partial charge is 0.493 e. The van der Waals surface area contributed by atoms with Gasteiger partial charge >= 0.3 is 0 Å². The molecule has 1 heterocycles. The Hall–Kier alpha value is -2.43. The fourth-order valence-corrected chi connectivity index (χ4v) is 2.72. The molecule has 134 valence electrons. The molecule has 0 aliphatic heterocycles. The van der Waals surface area contributed by atoms with Crippen LogP contribution < -0.4 is 14.8 Å². The van der Waals surface area contributed by atoms with Crippen molar-refractivity contribution in [3.8, 4) is 11.5 Å². The molecule has 3 rings (SSSR count). The normalized spacial score (nSPS) is 10.4. The van der Waals surface area contributed by atoms with Gasteiger partial charge in [0.15, 0.2) is 11.5 Å². The fourth-order valence-electron chi connectivity index (χ4n) is 2.39. The predicted octanol–water partition coefficient (Wildman–Crippen LogP) is 5.59. The number of benzene rings is 2. The van der Waals surface area contributed by atoms with Crippen LogP contribution in [0.2, 0.25) is 10.0 Å². The van der Waals surface area contributed by atoms with E-state index in [1.54, 1.807) is 25.4 Å². The Morgan fingerprint density at radius 3 is 2.50 bits per heavy atom. The number of hydrogen-bond acceptors (Lipinski definition) is 4. The summed E-state index contributed by atoms with van der Waals surface area (Å²) in [6.07, 6.45) is 1.75. The van der Waals surface area contributed by atoms with Crippen molar-refractivity contribution in [2.75, 3.05) is 12.4 Å². The number of nitrogens with one attached hydrogen (secondary N) is 1. The SMILES string of the molecule is COc1ccc(CNc2ccccn2)cc1OCc1ccc(Cl)c(Cl)c1. The number of ether oxygens (including phenoxy) is 2. The summed E-state index contributed by atoms with van der Waals surface area (Å²) in [5.74, 6) is 2.16. The van der Waals surface area contributed by atoms with E-state index in [0.717, 1.165) is 16.9 Å². The first-order valence-electron chi connectivity index (χ1n) is 8.04. The highest BCUT2D eigenvalue weighted by molar-refractivity contribution is 6.42. The zero-order valence-electron chi connectivity index (χ0n) is 14.2. The minimum Gasteiger partial charge on any atom is -0.493 e. The highest BCUT2D eigenvalue weighted by Crippen LogP contribution is 2.30. The molecule has 2 aromatic carbocycles. The monoisotopic (exact) mass is 388 g/mol. The molecular formula is C20H18Cl2N2O2. The lowest BCUT2D eigenvalue weighted by Gasteiger charge is -2.13. The number of aromatic nitrogens is 1. The molecule has 0 fully saturated rings. The summed E-state index contributed by atoms with van der Waals surface area (Å²) in [6.45, 7) is 0.995. The maximum absolute atomic E-state index is 6.05. The Kier molecular flexibility index (Phi) is 6.21. The van der Waals surface area contributed by atoms with Gasteiger partial charge in [0, 0.05) is 12.7 Å². The average molecular weight is 389 g/mol. The molecule has 0 atom stereocenters. The Balaban J connectivity index is 1.69. The first-order chi connectivity index (χ1) is 12.7. The van der Waals surface area contributed by atoms with Crippen molar-refractivity contribution >= 4 is 29.0 Å². The van der Waals surface area contributed by atoms with Crippen LogP contribution in [-0.4, -0.2) is 12.1 Å². The van der Waals surface area contributed by atoms with Crippen molar-refractivity contribution in [1.82, 2.24) is 4.98 Å². The van der Waals surface area contributed by atoms with Gasteiger partial charge in [-0.15, -0.1) is 0 Å². The van der Waals surface area contributed by atoms with E-state index in [-0.39, 0.29) is 0 Å². The molecule has 1 N–H and O–H groups in total. The van der Waals surface area contributed by atoms with Gasteiger partial charge in [0.2, 0.25) is 0 Å². The van der Waals surface area contributed by atoms with Gasteiger partial charge in [0.05, 0.1) is 17.2 Å². The quantitative estimate of drug-likeness (QED) is 0.572. The van der Waals surface area contributed by atoms with Gasteiger partial charge in [-0.25, -0.2) is 4.98 Å². The summed E-state index contributed by atoms with van der Waals surface area (Å²) in [5.41, 5.74) is 1.99. The standard InChI is InChI=1S/C20H18Cl2N2O2/c1-25-18-8-6-14(12-24-20-4-2-3-9-23-20)11-19(18)26-13-15-5-7-16(21)17(22)10-15/h2-11H,12-13H2,1H3,(H,23,24). The van der Waals surface area contributed by atoms with Gasteiger partial charge in [-0.3, -0.25) is 0 Å². The number of hydrogen-bond donors (Lipinski definition) is 1. The lowest BCUT2D eigenvalue weighted by molar-refractivity contribution is 0.284. The zero-order valence-corrected chi connectivity index (χ0v) is 15.7. The van der Waals surface area contributed by atoms with Crippen molar-refractivity contribution in [3.63, 3.8) is 0 Å². The van der Waals surface area contributed by atoms with Crippen LogP contribution in [0.5, 0.6) is 11.5 Å². The molecular weight excluding hydrogens is 371 g/mol. The molecule has 1 aromatic heterocycles. The van der Waals surface area contributed by atoms with Crippen LogP contribution in [0.25, 0.3) is 0 Å². The minimum absolute atomic E-state index is 0.365. The van der Waals surface area contributed by atoms with E-state index >= 15 is 0 Å². The Morgan fingerprint density at radius 1 is 0.923 bits per heavy atom. The molecule has 0 amide bonds. The lowest BCUT2D eigenvalue weighted by Crippen LogP contribution is -2.03. The Morgan fingerprint density at radius 2 is 1.77 bits per heavy atom. The summed E-state index contributed by atoms with van der Waals surface area (Å²) in [7, 11) is 1.62. The van der Waals surface area contributed by atoms with Crippen LogP contribution in [-0.2, 0) is 13.2 Å². The molecule has 6 heteroatoms. The number of nitrogens with zero attached hydrogens (tertiary/aromatic N) is 1. The number of pyridine rings is 1. The van der Waals surface area contributed by atoms with Crippen molar-refractivity contribution < 1.29 is 9.47 Å². The van der Waals surface area contributed by atoms with E-state index in [4.69, 9.17) is 32.7 Å². The van der Waals surface area contributed by atoms with E-state index in [1.807, 2.05) is 42.5 Å². The van der Waals surface area contributed by atoms with Crippen molar-refractivity contribution in [1.29, 1.82) is 0 Å². The van der Waals surface area contributed by atoms with Gasteiger partial charge in [0.25, 0.3) is 0 Å². The molecule has 0 aliphatic rings. The van der Waals surface area contributed by atoms with Crippen LogP contribution in [0, 0.1) is 0 Å². The van der Waals surface area contributed by atoms with E-state index in [2.05, 4.69) is 10.3 Å². The summed E-state index contributed by atoms with van der Waals surface area (Å²) in [4.78, 5) is 4.25. The molecule has 0 aliphatic carbocycles. The third-order valence-corrected chi connectivity index (χ3v) is 4.48. The molecule has 0 spiro atoms. The molecule has 0 bridgehead atoms. The molecule has 0 saturated heterocycles. The molecule has 0 radical (unpaired) electrons. The predicted molar refractivity (Wildman–Crippen MR) is 105 cm³/mol. The lowest BCUT2D eigenvalue weighted by atomic mass is 10.2. The van der Waals surface area contributed by atoms with E-state index in [0.29, 0.717) is 34.7 Å². The van der Waals surface area contributed by atoms with Crippen LogP contribution in [0.4, 0.5) is 5.82 Å². The third-order valence-electron chi connectivity index (χ3n) is 3.74. The van der Waals surface area contributed by atoms with Crippen LogP contribution in [0.15, 0.2) is 60.8 Å². The van der Waals surface area contributed by atoms with Gasteiger partial charge in [-0.05, 0) is 47.5 Å². The number of rotatable bonds is 7. The van der Waals surface area contributed by atoms with Gasteiger partial charge in [-0.2, -0.15) is 0 Å². The second-order valence-electron chi connectivity index (χ2n) is 5.59. The highest BCUT2D eigenvalue weighted by Gasteiger charge is 2.08. The van der Waals surface area contributed by atoms with Crippen molar-refractivity contribution in [2.45, 2.75) is 13.2 Å². The van der Waals surface area contributed by atoms with Crippen LogP contribution >= 0.6 is 23.2 Å². The molecule has 3 aromatic rings. The summed E-state index contributed by atoms with van der Waals surface area (Å²) in [6, 6.07) is 17.0. The summed E-state index contributed by atoms with van der Waals surface area (Å²) in [5, 5.41) is 4.30. The molecule has 0 unspecified atom stereocenters. The summed E-state index contributed by atoms with van der Waals surface area (Å²) < 4.78 is 11.3. The minimum atomic E-state index is 0.365. The first-order valence-corrected chi connectivity index (χ1v) is 8.80. The molecule has 0 saturated carbocycles. The van der Waals surface area contributed by atoms with E-state index < -0.39 is 0 Å². The maximum Gasteiger partial charge on any atom is 0.162 e.